The molecule has 0 spiro atoms. The maximum Gasteiger partial charge on any atom is 0.318 e. The van der Waals surface area contributed by atoms with Crippen molar-refractivity contribution < 1.29 is 9.59 Å². The number of urea groups is 1. The molecule has 0 unspecified atom stereocenters. The Bertz CT molecular complexity index is 1110. The SMILES string of the molecule is CC(C)NC(=O)N(CCc1ccccc1)CC(=O)N1CCN(c2ccc(-c3ccccc3)nn2)CC1. The highest BCUT2D eigenvalue weighted by Crippen LogP contribution is 2.19. The third-order valence-corrected chi connectivity index (χ3v) is 6.22. The van der Waals surface area contributed by atoms with Gasteiger partial charge in [0, 0.05) is 44.3 Å². The predicted octanol–water partition coefficient (Wildman–Crippen LogP) is 3.45. The fourth-order valence-corrected chi connectivity index (χ4v) is 4.20. The molecular formula is C28H34N6O2. The fourth-order valence-electron chi connectivity index (χ4n) is 4.20. The number of carbonyl (C=O) groups excluding carboxylic acids is 2. The van der Waals surface area contributed by atoms with E-state index in [1.54, 1.807) is 4.90 Å². The highest BCUT2D eigenvalue weighted by Gasteiger charge is 2.25. The number of hydrogen-bond donors (Lipinski definition) is 1. The van der Waals surface area contributed by atoms with Crippen LogP contribution in [0.3, 0.4) is 0 Å². The van der Waals surface area contributed by atoms with Crippen molar-refractivity contribution in [2.24, 2.45) is 0 Å². The van der Waals surface area contributed by atoms with Crippen LogP contribution in [0.4, 0.5) is 10.6 Å². The minimum Gasteiger partial charge on any atom is -0.352 e. The molecule has 1 fully saturated rings. The summed E-state index contributed by atoms with van der Waals surface area (Å²) in [5.41, 5.74) is 3.01. The molecule has 8 heteroatoms. The van der Waals surface area contributed by atoms with Crippen LogP contribution in [-0.2, 0) is 11.2 Å². The Labute approximate surface area is 212 Å². The second-order valence-electron chi connectivity index (χ2n) is 9.27. The number of piperazine rings is 1. The van der Waals surface area contributed by atoms with Crippen LogP contribution in [-0.4, -0.2) is 77.2 Å². The predicted molar refractivity (Wildman–Crippen MR) is 142 cm³/mol. The van der Waals surface area contributed by atoms with Crippen LogP contribution in [0.25, 0.3) is 11.3 Å². The lowest BCUT2D eigenvalue weighted by atomic mass is 10.1. The Morgan fingerprint density at radius 3 is 2.17 bits per heavy atom. The first-order valence-corrected chi connectivity index (χ1v) is 12.5. The molecular weight excluding hydrogens is 452 g/mol. The first kappa shape index (κ1) is 25.2. The van der Waals surface area contributed by atoms with E-state index in [1.165, 1.54) is 0 Å². The van der Waals surface area contributed by atoms with Gasteiger partial charge in [-0.05, 0) is 38.0 Å². The number of anilines is 1. The topological polar surface area (TPSA) is 81.7 Å². The number of nitrogens with zero attached hydrogens (tertiary/aromatic N) is 5. The van der Waals surface area contributed by atoms with Crippen molar-refractivity contribution in [2.45, 2.75) is 26.3 Å². The summed E-state index contributed by atoms with van der Waals surface area (Å²) in [5.74, 6) is 0.773. The van der Waals surface area contributed by atoms with Crippen LogP contribution in [0.1, 0.15) is 19.4 Å². The van der Waals surface area contributed by atoms with E-state index in [4.69, 9.17) is 0 Å². The van der Waals surface area contributed by atoms with E-state index >= 15 is 0 Å². The molecule has 0 atom stereocenters. The Morgan fingerprint density at radius 2 is 1.56 bits per heavy atom. The molecule has 3 aromatic rings. The zero-order valence-electron chi connectivity index (χ0n) is 21.0. The monoisotopic (exact) mass is 486 g/mol. The van der Waals surface area contributed by atoms with Gasteiger partial charge in [-0.15, -0.1) is 10.2 Å². The van der Waals surface area contributed by atoms with Crippen LogP contribution in [0, 0.1) is 0 Å². The van der Waals surface area contributed by atoms with Gasteiger partial charge < -0.3 is 20.0 Å². The Kier molecular flexibility index (Phi) is 8.49. The Hall–Kier alpha value is -3.94. The van der Waals surface area contributed by atoms with Crippen LogP contribution in [0.15, 0.2) is 72.8 Å². The van der Waals surface area contributed by atoms with E-state index in [0.717, 1.165) is 22.6 Å². The van der Waals surface area contributed by atoms with Gasteiger partial charge in [-0.3, -0.25) is 4.79 Å². The molecule has 188 valence electrons. The summed E-state index contributed by atoms with van der Waals surface area (Å²) in [6, 6.07) is 23.7. The molecule has 2 aromatic carbocycles. The molecule has 0 bridgehead atoms. The molecule has 1 N–H and O–H groups in total. The van der Waals surface area contributed by atoms with Gasteiger partial charge in [0.15, 0.2) is 5.82 Å². The quantitative estimate of drug-likeness (QED) is 0.527. The molecule has 1 aliphatic rings. The second kappa shape index (κ2) is 12.2. The van der Waals surface area contributed by atoms with Gasteiger partial charge in [-0.2, -0.15) is 0 Å². The average molecular weight is 487 g/mol. The molecule has 1 aromatic heterocycles. The molecule has 1 aliphatic heterocycles. The normalized spacial score (nSPS) is 13.5. The van der Waals surface area contributed by atoms with E-state index in [-0.39, 0.29) is 24.5 Å². The molecule has 3 amide bonds. The van der Waals surface area contributed by atoms with Crippen LogP contribution in [0.2, 0.25) is 0 Å². The summed E-state index contributed by atoms with van der Waals surface area (Å²) in [4.78, 5) is 31.5. The first-order valence-electron chi connectivity index (χ1n) is 12.5. The zero-order valence-corrected chi connectivity index (χ0v) is 21.0. The van der Waals surface area contributed by atoms with Crippen molar-refractivity contribution in [3.63, 3.8) is 0 Å². The third kappa shape index (κ3) is 6.81. The number of rotatable bonds is 8. The Morgan fingerprint density at radius 1 is 0.889 bits per heavy atom. The lowest BCUT2D eigenvalue weighted by Gasteiger charge is -2.36. The van der Waals surface area contributed by atoms with E-state index in [1.807, 2.05) is 91.5 Å². The minimum atomic E-state index is -0.207. The smallest absolute Gasteiger partial charge is 0.318 e. The molecule has 0 radical (unpaired) electrons. The van der Waals surface area contributed by atoms with Gasteiger partial charge in [0.05, 0.1) is 5.69 Å². The molecule has 36 heavy (non-hydrogen) atoms. The number of nitrogens with one attached hydrogen (secondary N) is 1. The largest absolute Gasteiger partial charge is 0.352 e. The van der Waals surface area contributed by atoms with Crippen molar-refractivity contribution in [1.82, 2.24) is 25.3 Å². The molecule has 0 aliphatic carbocycles. The van der Waals surface area contributed by atoms with Crippen molar-refractivity contribution in [2.75, 3.05) is 44.2 Å². The van der Waals surface area contributed by atoms with Gasteiger partial charge in [0.1, 0.15) is 6.54 Å². The third-order valence-electron chi connectivity index (χ3n) is 6.22. The van der Waals surface area contributed by atoms with Crippen molar-refractivity contribution in [3.05, 3.63) is 78.4 Å². The van der Waals surface area contributed by atoms with Crippen LogP contribution < -0.4 is 10.2 Å². The second-order valence-corrected chi connectivity index (χ2v) is 9.27. The van der Waals surface area contributed by atoms with Crippen LogP contribution >= 0.6 is 0 Å². The van der Waals surface area contributed by atoms with Crippen molar-refractivity contribution in [1.29, 1.82) is 0 Å². The summed E-state index contributed by atoms with van der Waals surface area (Å²) in [6.45, 7) is 6.90. The molecule has 0 saturated carbocycles. The summed E-state index contributed by atoms with van der Waals surface area (Å²) < 4.78 is 0. The zero-order chi connectivity index (χ0) is 25.3. The standard InChI is InChI=1S/C28H34N6O2/c1-22(2)29-28(36)34(16-15-23-9-5-3-6-10-23)21-27(35)33-19-17-32(18-20-33)26-14-13-25(30-31-26)24-11-7-4-8-12-24/h3-14,22H,15-21H2,1-2H3,(H,29,36). The molecule has 8 nitrogen and oxygen atoms in total. The maximum absolute atomic E-state index is 13.1. The summed E-state index contributed by atoms with van der Waals surface area (Å²) in [7, 11) is 0. The van der Waals surface area contributed by atoms with Crippen molar-refractivity contribution in [3.8, 4) is 11.3 Å². The van der Waals surface area contributed by atoms with E-state index in [2.05, 4.69) is 20.4 Å². The van der Waals surface area contributed by atoms with E-state index < -0.39 is 0 Å². The van der Waals surface area contributed by atoms with Crippen LogP contribution in [0.5, 0.6) is 0 Å². The number of benzene rings is 2. The van der Waals surface area contributed by atoms with Gasteiger partial charge in [0.25, 0.3) is 0 Å². The van der Waals surface area contributed by atoms with E-state index in [9.17, 15) is 9.59 Å². The molecule has 2 heterocycles. The number of aromatic nitrogens is 2. The van der Waals surface area contributed by atoms with Gasteiger partial charge >= 0.3 is 6.03 Å². The Balaban J connectivity index is 1.32. The lowest BCUT2D eigenvalue weighted by molar-refractivity contribution is -0.132. The van der Waals surface area contributed by atoms with Gasteiger partial charge in [0.2, 0.25) is 5.91 Å². The number of hydrogen-bond acceptors (Lipinski definition) is 5. The maximum atomic E-state index is 13.1. The highest BCUT2D eigenvalue weighted by molar-refractivity contribution is 5.84. The summed E-state index contributed by atoms with van der Waals surface area (Å²) in [5, 5.41) is 11.7. The lowest BCUT2D eigenvalue weighted by Crippen LogP contribution is -2.53. The molecule has 1 saturated heterocycles. The first-order chi connectivity index (χ1) is 17.5. The minimum absolute atomic E-state index is 0.00441. The summed E-state index contributed by atoms with van der Waals surface area (Å²) >= 11 is 0. The highest BCUT2D eigenvalue weighted by atomic mass is 16.2. The van der Waals surface area contributed by atoms with Crippen molar-refractivity contribution >= 4 is 17.8 Å². The van der Waals surface area contributed by atoms with E-state index in [0.29, 0.717) is 39.1 Å². The fraction of sp³-hybridized carbons (Fsp3) is 0.357. The van der Waals surface area contributed by atoms with Gasteiger partial charge in [-0.1, -0.05) is 60.7 Å². The summed E-state index contributed by atoms with van der Waals surface area (Å²) in [6.07, 6.45) is 0.699. The van der Waals surface area contributed by atoms with Gasteiger partial charge in [-0.25, -0.2) is 4.79 Å². The molecule has 4 rings (SSSR count). The average Bonchev–Trinajstić information content (AvgIpc) is 2.92. The number of carbonyl (C=O) groups is 2. The number of amides is 3.